The number of nitrogens with one attached hydrogen (secondary N) is 1. The number of rotatable bonds is 6. The fraction of sp³-hybridized carbons (Fsp3) is 0.318. The van der Waals surface area contributed by atoms with E-state index in [-0.39, 0.29) is 42.6 Å². The minimum atomic E-state index is -0.512. The van der Waals surface area contributed by atoms with Crippen LogP contribution in [0.3, 0.4) is 0 Å². The maximum Gasteiger partial charge on any atom is 0.317 e. The van der Waals surface area contributed by atoms with Crippen LogP contribution in [0.25, 0.3) is 0 Å². The molecule has 0 radical (unpaired) electrons. The molecule has 0 bridgehead atoms. The molecule has 2 aromatic rings. The molecule has 0 atom stereocenters. The van der Waals surface area contributed by atoms with Gasteiger partial charge in [0.25, 0.3) is 11.8 Å². The second kappa shape index (κ2) is 11.4. The highest BCUT2D eigenvalue weighted by Gasteiger charge is 2.34. The molecule has 0 aliphatic carbocycles. The molecule has 0 fully saturated rings. The summed E-state index contributed by atoms with van der Waals surface area (Å²) in [6.07, 6.45) is 0.797. The third kappa shape index (κ3) is 6.02. The lowest BCUT2D eigenvalue weighted by molar-refractivity contribution is 0.0654. The highest BCUT2D eigenvalue weighted by atomic mass is 35.5. The Morgan fingerprint density at radius 3 is 2.29 bits per heavy atom. The number of amides is 4. The first-order valence-corrected chi connectivity index (χ1v) is 10.2. The van der Waals surface area contributed by atoms with Gasteiger partial charge in [-0.3, -0.25) is 14.5 Å². The van der Waals surface area contributed by atoms with Crippen LogP contribution in [0, 0.1) is 5.82 Å². The van der Waals surface area contributed by atoms with Crippen LogP contribution in [0.15, 0.2) is 42.5 Å². The smallest absolute Gasteiger partial charge is 0.317 e. The zero-order valence-corrected chi connectivity index (χ0v) is 18.2. The summed E-state index contributed by atoms with van der Waals surface area (Å²) in [7, 11) is 1.55. The van der Waals surface area contributed by atoms with E-state index in [9.17, 15) is 18.8 Å². The second-order valence-corrected chi connectivity index (χ2v) is 7.20. The molecule has 0 saturated carbocycles. The highest BCUT2D eigenvalue weighted by molar-refractivity contribution is 6.31. The number of aliphatic hydroxyl groups is 1. The average molecular weight is 450 g/mol. The lowest BCUT2D eigenvalue weighted by Crippen LogP contribution is -2.38. The summed E-state index contributed by atoms with van der Waals surface area (Å²) in [5, 5.41) is 11.2. The Hall–Kier alpha value is -2.97. The number of halogens is 2. The predicted octanol–water partition coefficient (Wildman–Crippen LogP) is 3.31. The Bertz CT molecular complexity index is 919. The standard InChI is InChI=1S/C11H14ClFN2O2.C11H11NO2/c1-15(5-6-16)11(17)14-7-8-3-2-4-9(13)10(8)12;1-2-7-12-10(13)8-5-3-4-6-9(8)11(12)14/h2-4,16H,5-7H2,1H3,(H,14,17);3-6H,2,7H2,1H3. The maximum atomic E-state index is 13.1. The number of hydrogen-bond acceptors (Lipinski definition) is 4. The van der Waals surface area contributed by atoms with Crippen molar-refractivity contribution in [1.29, 1.82) is 0 Å². The number of carbonyl (C=O) groups is 3. The third-order valence-corrected chi connectivity index (χ3v) is 4.99. The van der Waals surface area contributed by atoms with Crippen molar-refractivity contribution in [3.63, 3.8) is 0 Å². The third-order valence-electron chi connectivity index (χ3n) is 4.57. The van der Waals surface area contributed by atoms with E-state index in [0.717, 1.165) is 6.42 Å². The first-order valence-electron chi connectivity index (χ1n) is 9.79. The summed E-state index contributed by atoms with van der Waals surface area (Å²) in [6, 6.07) is 11.0. The highest BCUT2D eigenvalue weighted by Crippen LogP contribution is 2.22. The average Bonchev–Trinajstić information content (AvgIpc) is 3.00. The van der Waals surface area contributed by atoms with Crippen molar-refractivity contribution in [1.82, 2.24) is 15.1 Å². The van der Waals surface area contributed by atoms with Gasteiger partial charge in [-0.2, -0.15) is 0 Å². The molecular weight excluding hydrogens is 425 g/mol. The number of fused-ring (bicyclic) bond motifs is 1. The Morgan fingerprint density at radius 2 is 1.74 bits per heavy atom. The van der Waals surface area contributed by atoms with E-state index in [1.807, 2.05) is 6.92 Å². The summed E-state index contributed by atoms with van der Waals surface area (Å²) >= 11 is 5.74. The molecule has 1 aliphatic heterocycles. The van der Waals surface area contributed by atoms with Crippen molar-refractivity contribution in [3.05, 3.63) is 70.0 Å². The van der Waals surface area contributed by atoms with E-state index in [1.54, 1.807) is 37.4 Å². The van der Waals surface area contributed by atoms with Crippen LogP contribution >= 0.6 is 11.6 Å². The van der Waals surface area contributed by atoms with Crippen LogP contribution < -0.4 is 5.32 Å². The number of carbonyl (C=O) groups excluding carboxylic acids is 3. The fourth-order valence-corrected chi connectivity index (χ4v) is 3.10. The Balaban J connectivity index is 0.000000224. The van der Waals surface area contributed by atoms with Crippen molar-refractivity contribution >= 4 is 29.4 Å². The summed E-state index contributed by atoms with van der Waals surface area (Å²) in [4.78, 5) is 37.5. The molecule has 0 saturated heterocycles. The number of likely N-dealkylation sites (N-methyl/N-ethyl adjacent to an activating group) is 1. The molecule has 9 heteroatoms. The van der Waals surface area contributed by atoms with Crippen molar-refractivity contribution in [2.45, 2.75) is 19.9 Å². The van der Waals surface area contributed by atoms with Gasteiger partial charge < -0.3 is 15.3 Å². The minimum absolute atomic E-state index is 0.0117. The largest absolute Gasteiger partial charge is 0.395 e. The van der Waals surface area contributed by atoms with Crippen LogP contribution in [0.1, 0.15) is 39.6 Å². The maximum absolute atomic E-state index is 13.1. The van der Waals surface area contributed by atoms with Gasteiger partial charge in [0.15, 0.2) is 0 Å². The van der Waals surface area contributed by atoms with E-state index in [1.165, 1.54) is 21.9 Å². The Morgan fingerprint density at radius 1 is 1.13 bits per heavy atom. The molecule has 2 N–H and O–H groups in total. The van der Waals surface area contributed by atoms with Gasteiger partial charge in [0.1, 0.15) is 5.82 Å². The summed E-state index contributed by atoms with van der Waals surface area (Å²) in [5.41, 5.74) is 1.58. The van der Waals surface area contributed by atoms with Gasteiger partial charge in [-0.15, -0.1) is 0 Å². The van der Waals surface area contributed by atoms with Crippen LogP contribution in [0.4, 0.5) is 9.18 Å². The molecule has 4 amide bonds. The number of benzene rings is 2. The molecule has 3 rings (SSSR count). The van der Waals surface area contributed by atoms with E-state index >= 15 is 0 Å². The predicted molar refractivity (Wildman–Crippen MR) is 115 cm³/mol. The Kier molecular flexibility index (Phi) is 8.96. The van der Waals surface area contributed by atoms with Gasteiger partial charge in [-0.05, 0) is 30.2 Å². The van der Waals surface area contributed by atoms with Gasteiger partial charge >= 0.3 is 6.03 Å². The van der Waals surface area contributed by atoms with E-state index in [4.69, 9.17) is 16.7 Å². The zero-order valence-electron chi connectivity index (χ0n) is 17.4. The summed E-state index contributed by atoms with van der Waals surface area (Å²) in [6.45, 7) is 2.73. The SMILES string of the molecule is CCCN1C(=O)c2ccccc2C1=O.CN(CCO)C(=O)NCc1cccc(F)c1Cl. The molecule has 1 heterocycles. The molecule has 31 heavy (non-hydrogen) atoms. The van der Waals surface area contributed by atoms with E-state index in [0.29, 0.717) is 23.2 Å². The number of aliphatic hydroxyl groups excluding tert-OH is 1. The van der Waals surface area contributed by atoms with Crippen LogP contribution in [0.2, 0.25) is 5.02 Å². The molecule has 166 valence electrons. The van der Waals surface area contributed by atoms with Crippen molar-refractivity contribution in [2.75, 3.05) is 26.7 Å². The summed E-state index contributed by atoms with van der Waals surface area (Å²) < 4.78 is 13.1. The first-order chi connectivity index (χ1) is 14.8. The monoisotopic (exact) mass is 449 g/mol. The lowest BCUT2D eigenvalue weighted by Gasteiger charge is -2.16. The fourth-order valence-electron chi connectivity index (χ4n) is 2.91. The number of imide groups is 1. The van der Waals surface area contributed by atoms with E-state index < -0.39 is 5.82 Å². The zero-order chi connectivity index (χ0) is 23.0. The molecular formula is C22H25ClFN3O4. The normalized spacial score (nSPS) is 12.2. The van der Waals surface area contributed by atoms with E-state index in [2.05, 4.69) is 5.32 Å². The topological polar surface area (TPSA) is 90.0 Å². The molecule has 7 nitrogen and oxygen atoms in total. The molecule has 0 spiro atoms. The van der Waals surface area contributed by atoms with Crippen molar-refractivity contribution < 1.29 is 23.9 Å². The second-order valence-electron chi connectivity index (χ2n) is 6.82. The molecule has 0 aromatic heterocycles. The number of urea groups is 1. The summed E-state index contributed by atoms with van der Waals surface area (Å²) in [5.74, 6) is -0.831. The van der Waals surface area contributed by atoms with Crippen molar-refractivity contribution in [3.8, 4) is 0 Å². The molecule has 2 aromatic carbocycles. The van der Waals surface area contributed by atoms with Crippen LogP contribution in [0.5, 0.6) is 0 Å². The number of nitrogens with zero attached hydrogens (tertiary/aromatic N) is 2. The van der Waals surface area contributed by atoms with Gasteiger partial charge in [0.05, 0.1) is 22.8 Å². The molecule has 0 unspecified atom stereocenters. The first kappa shape index (κ1) is 24.3. The Labute approximate surface area is 185 Å². The lowest BCUT2D eigenvalue weighted by atomic mass is 10.1. The number of hydrogen-bond donors (Lipinski definition) is 2. The quantitative estimate of drug-likeness (QED) is 0.662. The van der Waals surface area contributed by atoms with Gasteiger partial charge in [0, 0.05) is 26.7 Å². The van der Waals surface area contributed by atoms with Crippen molar-refractivity contribution in [2.24, 2.45) is 0 Å². The van der Waals surface area contributed by atoms with Gasteiger partial charge in [0.2, 0.25) is 0 Å². The molecule has 1 aliphatic rings. The van der Waals surface area contributed by atoms with Crippen LogP contribution in [-0.4, -0.2) is 59.5 Å². The van der Waals surface area contributed by atoms with Gasteiger partial charge in [-0.1, -0.05) is 42.8 Å². The van der Waals surface area contributed by atoms with Gasteiger partial charge in [-0.25, -0.2) is 9.18 Å². The minimum Gasteiger partial charge on any atom is -0.395 e. The van der Waals surface area contributed by atoms with Crippen LogP contribution in [-0.2, 0) is 6.54 Å².